The molecule has 0 saturated heterocycles. The average molecular weight is 652 g/mol. The Morgan fingerprint density at radius 1 is 0.333 bits per heavy atom. The van der Waals surface area contributed by atoms with Gasteiger partial charge in [0.05, 0.1) is 0 Å². The van der Waals surface area contributed by atoms with Gasteiger partial charge in [-0.15, -0.1) is 0 Å². The summed E-state index contributed by atoms with van der Waals surface area (Å²) < 4.78 is 6.66. The predicted molar refractivity (Wildman–Crippen MR) is 209 cm³/mol. The van der Waals surface area contributed by atoms with Crippen molar-refractivity contribution in [1.82, 2.24) is 15.0 Å². The molecule has 238 valence electrons. The van der Waals surface area contributed by atoms with Crippen LogP contribution in [0.5, 0.6) is 0 Å². The Morgan fingerprint density at radius 3 is 1.65 bits per heavy atom. The van der Waals surface area contributed by atoms with Gasteiger partial charge < -0.3 is 4.42 Å². The molecule has 0 atom stereocenters. The van der Waals surface area contributed by atoms with Gasteiger partial charge in [-0.1, -0.05) is 152 Å². The van der Waals surface area contributed by atoms with Crippen LogP contribution in [0.3, 0.4) is 0 Å². The molecule has 8 aromatic carbocycles. The summed E-state index contributed by atoms with van der Waals surface area (Å²) in [7, 11) is 0. The molecule has 0 fully saturated rings. The van der Waals surface area contributed by atoms with Crippen LogP contribution in [-0.4, -0.2) is 15.0 Å². The van der Waals surface area contributed by atoms with E-state index >= 15 is 0 Å². The first-order chi connectivity index (χ1) is 25.3. The Bertz CT molecular complexity index is 2900. The van der Waals surface area contributed by atoms with Gasteiger partial charge in [0.25, 0.3) is 0 Å². The van der Waals surface area contributed by atoms with Gasteiger partial charge in [0.15, 0.2) is 17.5 Å². The lowest BCUT2D eigenvalue weighted by atomic mass is 9.96. The summed E-state index contributed by atoms with van der Waals surface area (Å²) in [5, 5.41) is 6.75. The monoisotopic (exact) mass is 651 g/mol. The highest BCUT2D eigenvalue weighted by atomic mass is 16.3. The van der Waals surface area contributed by atoms with Crippen LogP contribution in [0.1, 0.15) is 0 Å². The van der Waals surface area contributed by atoms with Crippen molar-refractivity contribution in [3.63, 3.8) is 0 Å². The molecule has 2 aromatic heterocycles. The fourth-order valence-corrected chi connectivity index (χ4v) is 7.20. The zero-order valence-corrected chi connectivity index (χ0v) is 27.5. The highest BCUT2D eigenvalue weighted by molar-refractivity contribution is 6.16. The minimum absolute atomic E-state index is 0.597. The van der Waals surface area contributed by atoms with Crippen molar-refractivity contribution >= 4 is 43.5 Å². The number of nitrogens with zero attached hydrogens (tertiary/aromatic N) is 3. The molecule has 2 heterocycles. The van der Waals surface area contributed by atoms with Crippen molar-refractivity contribution in [3.05, 3.63) is 176 Å². The third-order valence-electron chi connectivity index (χ3n) is 9.74. The quantitative estimate of drug-likeness (QED) is 0.174. The van der Waals surface area contributed by atoms with E-state index < -0.39 is 0 Å². The first-order valence-corrected chi connectivity index (χ1v) is 17.1. The molecule has 0 radical (unpaired) electrons. The highest BCUT2D eigenvalue weighted by Gasteiger charge is 2.21. The van der Waals surface area contributed by atoms with Gasteiger partial charge >= 0.3 is 0 Å². The van der Waals surface area contributed by atoms with Gasteiger partial charge in [0.2, 0.25) is 0 Å². The van der Waals surface area contributed by atoms with Crippen LogP contribution in [0.2, 0.25) is 0 Å². The summed E-state index contributed by atoms with van der Waals surface area (Å²) >= 11 is 0. The summed E-state index contributed by atoms with van der Waals surface area (Å²) in [5.41, 5.74) is 8.84. The molecule has 0 aliphatic carbocycles. The Balaban J connectivity index is 1.19. The van der Waals surface area contributed by atoms with E-state index in [1.807, 2.05) is 48.5 Å². The maximum Gasteiger partial charge on any atom is 0.164 e. The molecule has 0 aliphatic rings. The summed E-state index contributed by atoms with van der Waals surface area (Å²) in [6, 6.07) is 61.0. The predicted octanol–water partition coefficient (Wildman–Crippen LogP) is 12.4. The lowest BCUT2D eigenvalue weighted by Crippen LogP contribution is -2.00. The number of rotatable bonds is 5. The van der Waals surface area contributed by atoms with Crippen LogP contribution in [0.25, 0.3) is 99.9 Å². The van der Waals surface area contributed by atoms with E-state index in [4.69, 9.17) is 19.4 Å². The lowest BCUT2D eigenvalue weighted by Gasteiger charge is -2.12. The molecular formula is C47H29N3O. The molecule has 0 amide bonds. The molecule has 0 aliphatic heterocycles. The third-order valence-corrected chi connectivity index (χ3v) is 9.74. The summed E-state index contributed by atoms with van der Waals surface area (Å²) in [5.74, 6) is 1.84. The van der Waals surface area contributed by atoms with Crippen LogP contribution in [0.4, 0.5) is 0 Å². The Morgan fingerprint density at radius 2 is 0.863 bits per heavy atom. The smallest absolute Gasteiger partial charge is 0.164 e. The van der Waals surface area contributed by atoms with Crippen molar-refractivity contribution < 1.29 is 4.42 Å². The Labute approximate surface area is 294 Å². The SMILES string of the molecule is c1ccc(-c2ccc(-c3ccc(-c4nc(-c5ccccc5)nc(-c5ccc6ccc7ccccc7c6c5)n4)c4c3oc3ccccc34)cc2)cc1. The molecule has 51 heavy (non-hydrogen) atoms. The van der Waals surface area contributed by atoms with Gasteiger partial charge in [0, 0.05) is 33.0 Å². The van der Waals surface area contributed by atoms with E-state index in [9.17, 15) is 0 Å². The van der Waals surface area contributed by atoms with Gasteiger partial charge in [-0.2, -0.15) is 0 Å². The van der Waals surface area contributed by atoms with E-state index in [0.717, 1.165) is 49.8 Å². The van der Waals surface area contributed by atoms with Crippen LogP contribution in [0, 0.1) is 0 Å². The van der Waals surface area contributed by atoms with E-state index in [-0.39, 0.29) is 0 Å². The number of aromatic nitrogens is 3. The molecule has 4 nitrogen and oxygen atoms in total. The first-order valence-electron chi connectivity index (χ1n) is 17.1. The summed E-state index contributed by atoms with van der Waals surface area (Å²) in [6.45, 7) is 0. The molecule has 0 N–H and O–H groups in total. The Hall–Kier alpha value is -6.91. The number of furan rings is 1. The Kier molecular flexibility index (Phi) is 6.78. The number of hydrogen-bond donors (Lipinski definition) is 0. The summed E-state index contributed by atoms with van der Waals surface area (Å²) in [6.07, 6.45) is 0. The molecule has 0 saturated carbocycles. The molecule has 0 unspecified atom stereocenters. The largest absolute Gasteiger partial charge is 0.455 e. The second kappa shape index (κ2) is 11.9. The maximum atomic E-state index is 6.66. The van der Waals surface area contributed by atoms with Crippen molar-refractivity contribution in [3.8, 4) is 56.4 Å². The van der Waals surface area contributed by atoms with Gasteiger partial charge in [0.1, 0.15) is 11.2 Å². The lowest BCUT2D eigenvalue weighted by molar-refractivity contribution is 0.670. The van der Waals surface area contributed by atoms with E-state index in [2.05, 4.69) is 127 Å². The zero-order valence-electron chi connectivity index (χ0n) is 27.5. The molecule has 4 heteroatoms. The van der Waals surface area contributed by atoms with E-state index in [1.165, 1.54) is 32.7 Å². The second-order valence-electron chi connectivity index (χ2n) is 12.8. The van der Waals surface area contributed by atoms with Crippen molar-refractivity contribution in [1.29, 1.82) is 0 Å². The molecule has 10 rings (SSSR count). The molecule has 10 aromatic rings. The summed E-state index contributed by atoms with van der Waals surface area (Å²) in [4.78, 5) is 15.4. The fourth-order valence-electron chi connectivity index (χ4n) is 7.20. The van der Waals surface area contributed by atoms with Gasteiger partial charge in [-0.05, 0) is 62.5 Å². The molecule has 0 bridgehead atoms. The van der Waals surface area contributed by atoms with Gasteiger partial charge in [-0.25, -0.2) is 15.0 Å². The zero-order chi connectivity index (χ0) is 33.7. The fraction of sp³-hybridized carbons (Fsp3) is 0. The number of hydrogen-bond acceptors (Lipinski definition) is 4. The average Bonchev–Trinajstić information content (AvgIpc) is 3.61. The first kappa shape index (κ1) is 29.0. The minimum atomic E-state index is 0.597. The molecular weight excluding hydrogens is 623 g/mol. The number of benzene rings is 8. The maximum absolute atomic E-state index is 6.66. The van der Waals surface area contributed by atoms with Gasteiger partial charge in [-0.3, -0.25) is 0 Å². The van der Waals surface area contributed by atoms with Crippen molar-refractivity contribution in [2.75, 3.05) is 0 Å². The van der Waals surface area contributed by atoms with E-state index in [1.54, 1.807) is 0 Å². The minimum Gasteiger partial charge on any atom is -0.455 e. The third kappa shape index (κ3) is 5.04. The highest BCUT2D eigenvalue weighted by Crippen LogP contribution is 2.42. The van der Waals surface area contributed by atoms with E-state index in [0.29, 0.717) is 17.5 Å². The molecule has 0 spiro atoms. The number of fused-ring (bicyclic) bond motifs is 6. The number of para-hydroxylation sites is 1. The van der Waals surface area contributed by atoms with Crippen LogP contribution in [-0.2, 0) is 0 Å². The van der Waals surface area contributed by atoms with Crippen LogP contribution >= 0.6 is 0 Å². The topological polar surface area (TPSA) is 51.8 Å². The normalized spacial score (nSPS) is 11.5. The second-order valence-corrected chi connectivity index (χ2v) is 12.8. The van der Waals surface area contributed by atoms with Crippen LogP contribution < -0.4 is 0 Å². The van der Waals surface area contributed by atoms with Crippen molar-refractivity contribution in [2.45, 2.75) is 0 Å². The van der Waals surface area contributed by atoms with Crippen LogP contribution in [0.15, 0.2) is 180 Å². The van der Waals surface area contributed by atoms with Crippen molar-refractivity contribution in [2.24, 2.45) is 0 Å². The standard InChI is InChI=1S/C47H29N3O/c1-3-11-30(12-4-1)31-19-21-33(22-20-31)38-27-28-40(43-39-17-9-10-18-42(39)51-44(38)43)47-49-45(35-14-5-2-6-15-35)48-46(50-47)36-26-25-34-24-23-32-13-7-8-16-37(32)41(34)29-36/h1-29H.